The van der Waals surface area contributed by atoms with E-state index in [1.165, 1.54) is 0 Å². The molecule has 0 bridgehead atoms. The quantitative estimate of drug-likeness (QED) is 0.910. The normalized spacial score (nSPS) is 17.8. The van der Waals surface area contributed by atoms with Crippen molar-refractivity contribution in [2.75, 3.05) is 18.4 Å². The largest absolute Gasteiger partial charge is 0.317 e. The van der Waals surface area contributed by atoms with E-state index in [-0.39, 0.29) is 11.3 Å². The summed E-state index contributed by atoms with van der Waals surface area (Å²) in [6, 6.07) is 7.99. The van der Waals surface area contributed by atoms with Crippen LogP contribution in [0.4, 0.5) is 5.13 Å². The number of fused-ring (bicyclic) bond motifs is 1. The first-order valence-electron chi connectivity index (χ1n) is 7.61. The van der Waals surface area contributed by atoms with E-state index in [9.17, 15) is 4.79 Å². The van der Waals surface area contributed by atoms with Crippen LogP contribution >= 0.6 is 11.3 Å². The Morgan fingerprint density at radius 3 is 2.86 bits per heavy atom. The Hall–Kier alpha value is -1.46. The summed E-state index contributed by atoms with van der Waals surface area (Å²) in [4.78, 5) is 17.3. The maximum absolute atomic E-state index is 12.8. The highest BCUT2D eigenvalue weighted by Crippen LogP contribution is 2.36. The van der Waals surface area contributed by atoms with E-state index in [1.807, 2.05) is 24.3 Å². The van der Waals surface area contributed by atoms with E-state index in [2.05, 4.69) is 22.5 Å². The van der Waals surface area contributed by atoms with Gasteiger partial charge in [-0.05, 0) is 44.5 Å². The lowest BCUT2D eigenvalue weighted by Gasteiger charge is -2.35. The number of benzene rings is 1. The van der Waals surface area contributed by atoms with Crippen LogP contribution in [0.5, 0.6) is 0 Å². The Kier molecular flexibility index (Phi) is 4.22. The molecule has 1 aromatic heterocycles. The van der Waals surface area contributed by atoms with Gasteiger partial charge in [0.15, 0.2) is 5.13 Å². The number of carbonyl (C=O) groups is 1. The van der Waals surface area contributed by atoms with Gasteiger partial charge >= 0.3 is 0 Å². The molecule has 21 heavy (non-hydrogen) atoms. The van der Waals surface area contributed by atoms with Gasteiger partial charge in [-0.25, -0.2) is 4.98 Å². The van der Waals surface area contributed by atoms with Crippen LogP contribution in [0.1, 0.15) is 32.6 Å². The molecule has 1 fully saturated rings. The third-order valence-corrected chi connectivity index (χ3v) is 5.24. The monoisotopic (exact) mass is 303 g/mol. The topological polar surface area (TPSA) is 54.0 Å². The van der Waals surface area contributed by atoms with Crippen LogP contribution in [0.3, 0.4) is 0 Å². The highest BCUT2D eigenvalue weighted by atomic mass is 32.1. The third-order valence-electron chi connectivity index (χ3n) is 4.29. The third kappa shape index (κ3) is 2.94. The molecule has 1 amide bonds. The van der Waals surface area contributed by atoms with Crippen molar-refractivity contribution in [2.24, 2.45) is 5.41 Å². The molecule has 2 aromatic rings. The molecule has 1 aromatic carbocycles. The molecule has 2 heterocycles. The fraction of sp³-hybridized carbons (Fsp3) is 0.500. The predicted molar refractivity (Wildman–Crippen MR) is 87.7 cm³/mol. The zero-order chi connectivity index (χ0) is 14.7. The second-order valence-electron chi connectivity index (χ2n) is 5.72. The van der Waals surface area contributed by atoms with Crippen molar-refractivity contribution in [1.29, 1.82) is 0 Å². The standard InChI is InChI=1S/C16H21N3OS/c1-2-7-16(8-10-17-11-9-16)14(20)19-15-18-12-5-3-4-6-13(12)21-15/h3-6,17H,2,7-11H2,1H3,(H,18,19,20). The van der Waals surface area contributed by atoms with Crippen LogP contribution in [0, 0.1) is 5.41 Å². The minimum atomic E-state index is -0.224. The van der Waals surface area contributed by atoms with Gasteiger partial charge in [-0.3, -0.25) is 4.79 Å². The van der Waals surface area contributed by atoms with Gasteiger partial charge in [-0.2, -0.15) is 0 Å². The van der Waals surface area contributed by atoms with Gasteiger partial charge in [0.25, 0.3) is 0 Å². The van der Waals surface area contributed by atoms with E-state index in [0.29, 0.717) is 0 Å². The van der Waals surface area contributed by atoms with Crippen LogP contribution in [0.15, 0.2) is 24.3 Å². The van der Waals surface area contributed by atoms with Crippen LogP contribution in [0.2, 0.25) is 0 Å². The molecule has 0 saturated carbocycles. The lowest BCUT2D eigenvalue weighted by atomic mass is 9.74. The highest BCUT2D eigenvalue weighted by molar-refractivity contribution is 7.22. The molecule has 112 valence electrons. The number of carbonyl (C=O) groups excluding carboxylic acids is 1. The first-order valence-corrected chi connectivity index (χ1v) is 8.43. The number of hydrogen-bond donors (Lipinski definition) is 2. The highest BCUT2D eigenvalue weighted by Gasteiger charge is 2.38. The van der Waals surface area contributed by atoms with Crippen molar-refractivity contribution >= 4 is 32.6 Å². The minimum absolute atomic E-state index is 0.143. The van der Waals surface area contributed by atoms with Gasteiger partial charge in [-0.1, -0.05) is 36.8 Å². The summed E-state index contributed by atoms with van der Waals surface area (Å²) in [5.74, 6) is 0.143. The zero-order valence-electron chi connectivity index (χ0n) is 12.3. The number of para-hydroxylation sites is 1. The number of thiazole rings is 1. The Bertz CT molecular complexity index is 593. The Balaban J connectivity index is 1.80. The molecular weight excluding hydrogens is 282 g/mol. The molecule has 1 aliphatic heterocycles. The summed E-state index contributed by atoms with van der Waals surface area (Å²) < 4.78 is 1.11. The number of nitrogens with zero attached hydrogens (tertiary/aromatic N) is 1. The maximum atomic E-state index is 12.8. The Morgan fingerprint density at radius 2 is 2.14 bits per heavy atom. The number of rotatable bonds is 4. The number of hydrogen-bond acceptors (Lipinski definition) is 4. The molecule has 5 heteroatoms. The van der Waals surface area contributed by atoms with Crippen LogP contribution in [-0.2, 0) is 4.79 Å². The van der Waals surface area contributed by atoms with Crippen molar-refractivity contribution < 1.29 is 4.79 Å². The van der Waals surface area contributed by atoms with E-state index in [0.717, 1.165) is 54.1 Å². The van der Waals surface area contributed by atoms with Gasteiger partial charge in [0.1, 0.15) is 0 Å². The molecule has 0 radical (unpaired) electrons. The number of nitrogens with one attached hydrogen (secondary N) is 2. The molecule has 1 aliphatic rings. The van der Waals surface area contributed by atoms with Crippen LogP contribution in [-0.4, -0.2) is 24.0 Å². The number of aromatic nitrogens is 1. The fourth-order valence-corrected chi connectivity index (χ4v) is 3.99. The molecule has 0 unspecified atom stereocenters. The van der Waals surface area contributed by atoms with Gasteiger partial charge in [-0.15, -0.1) is 0 Å². The summed E-state index contributed by atoms with van der Waals surface area (Å²) >= 11 is 1.55. The first-order chi connectivity index (χ1) is 10.2. The molecule has 0 atom stereocenters. The SMILES string of the molecule is CCCC1(C(=O)Nc2nc3ccccc3s2)CCNCC1. The van der Waals surface area contributed by atoms with E-state index < -0.39 is 0 Å². The molecule has 3 rings (SSSR count). The Morgan fingerprint density at radius 1 is 1.38 bits per heavy atom. The molecule has 2 N–H and O–H groups in total. The van der Waals surface area contributed by atoms with E-state index in [1.54, 1.807) is 11.3 Å². The Labute approximate surface area is 129 Å². The van der Waals surface area contributed by atoms with Crippen molar-refractivity contribution in [3.8, 4) is 0 Å². The van der Waals surface area contributed by atoms with E-state index in [4.69, 9.17) is 0 Å². The molecular formula is C16H21N3OS. The first kappa shape index (κ1) is 14.5. The maximum Gasteiger partial charge on any atom is 0.232 e. The second-order valence-corrected chi connectivity index (χ2v) is 6.75. The summed E-state index contributed by atoms with van der Waals surface area (Å²) in [5.41, 5.74) is 0.727. The van der Waals surface area contributed by atoms with Crippen LogP contribution < -0.4 is 10.6 Å². The van der Waals surface area contributed by atoms with Gasteiger partial charge in [0.2, 0.25) is 5.91 Å². The van der Waals surface area contributed by atoms with Crippen LogP contribution in [0.25, 0.3) is 10.2 Å². The van der Waals surface area contributed by atoms with Crippen molar-refractivity contribution in [2.45, 2.75) is 32.6 Å². The number of piperidine rings is 1. The predicted octanol–water partition coefficient (Wildman–Crippen LogP) is 3.40. The van der Waals surface area contributed by atoms with Gasteiger partial charge in [0, 0.05) is 0 Å². The molecule has 0 aliphatic carbocycles. The summed E-state index contributed by atoms with van der Waals surface area (Å²) in [7, 11) is 0. The van der Waals surface area contributed by atoms with Gasteiger partial charge < -0.3 is 10.6 Å². The smallest absolute Gasteiger partial charge is 0.232 e. The average molecular weight is 303 g/mol. The van der Waals surface area contributed by atoms with Crippen molar-refractivity contribution in [3.05, 3.63) is 24.3 Å². The number of amides is 1. The zero-order valence-corrected chi connectivity index (χ0v) is 13.1. The summed E-state index contributed by atoms with van der Waals surface area (Å²) in [6.45, 7) is 4.00. The lowest BCUT2D eigenvalue weighted by molar-refractivity contribution is -0.127. The fourth-order valence-electron chi connectivity index (χ4n) is 3.13. The molecule has 1 saturated heterocycles. The molecule has 0 spiro atoms. The molecule has 4 nitrogen and oxygen atoms in total. The summed E-state index contributed by atoms with van der Waals surface area (Å²) in [6.07, 6.45) is 3.81. The van der Waals surface area contributed by atoms with Gasteiger partial charge in [0.05, 0.1) is 15.6 Å². The van der Waals surface area contributed by atoms with Crippen molar-refractivity contribution in [3.63, 3.8) is 0 Å². The average Bonchev–Trinajstić information content (AvgIpc) is 2.90. The van der Waals surface area contributed by atoms with Crippen molar-refractivity contribution in [1.82, 2.24) is 10.3 Å². The minimum Gasteiger partial charge on any atom is -0.317 e. The second kappa shape index (κ2) is 6.12. The van der Waals surface area contributed by atoms with E-state index >= 15 is 0 Å². The summed E-state index contributed by atoms with van der Waals surface area (Å²) in [5, 5.41) is 7.13. The number of anilines is 1. The lowest BCUT2D eigenvalue weighted by Crippen LogP contribution is -2.44.